The molecule has 3 nitrogen and oxygen atoms in total. The Bertz CT molecular complexity index is 216. The molecule has 0 aliphatic heterocycles. The highest BCUT2D eigenvalue weighted by Gasteiger charge is 2.26. The van der Waals surface area contributed by atoms with Crippen LogP contribution in [0.3, 0.4) is 0 Å². The lowest BCUT2D eigenvalue weighted by atomic mass is 9.94. The molecule has 15 heavy (non-hydrogen) atoms. The summed E-state index contributed by atoms with van der Waals surface area (Å²) in [5.74, 6) is 2.58. The van der Waals surface area contributed by atoms with Crippen molar-refractivity contribution >= 4 is 5.97 Å². The normalized spacial score (nSPS) is 12.2. The first-order chi connectivity index (χ1) is 7.21. The van der Waals surface area contributed by atoms with Crippen LogP contribution in [-0.2, 0) is 9.53 Å². The lowest BCUT2D eigenvalue weighted by molar-refractivity contribution is -0.147. The smallest absolute Gasteiger partial charge is 0.323 e. The lowest BCUT2D eigenvalue weighted by Crippen LogP contribution is -2.43. The van der Waals surface area contributed by atoms with Gasteiger partial charge >= 0.3 is 5.97 Å². The molecule has 3 heteroatoms. The average Bonchev–Trinajstić information content (AvgIpc) is 2.24. The van der Waals surface area contributed by atoms with Crippen LogP contribution in [0.4, 0.5) is 0 Å². The van der Waals surface area contributed by atoms with Crippen molar-refractivity contribution in [3.05, 3.63) is 0 Å². The monoisotopic (exact) mass is 211 g/mol. The van der Waals surface area contributed by atoms with E-state index in [0.29, 0.717) is 13.2 Å². The van der Waals surface area contributed by atoms with E-state index in [1.54, 1.807) is 0 Å². The minimum absolute atomic E-state index is 0.193. The molecule has 0 aliphatic rings. The number of rotatable bonds is 7. The zero-order chi connectivity index (χ0) is 11.7. The molecule has 0 radical (unpaired) electrons. The highest BCUT2D eigenvalue weighted by molar-refractivity contribution is 5.76. The molecule has 0 fully saturated rings. The van der Waals surface area contributed by atoms with Gasteiger partial charge in [-0.1, -0.05) is 32.6 Å². The summed E-state index contributed by atoms with van der Waals surface area (Å²) >= 11 is 0. The van der Waals surface area contributed by atoms with Gasteiger partial charge in [-0.05, 0) is 12.8 Å². The molecular weight excluding hydrogens is 190 g/mol. The summed E-state index contributed by atoms with van der Waals surface area (Å²) in [6.45, 7) is 6.76. The molecule has 0 amide bonds. The van der Waals surface area contributed by atoms with E-state index in [4.69, 9.17) is 11.2 Å². The second kappa shape index (κ2) is 8.31. The maximum absolute atomic E-state index is 11.7. The molecule has 0 spiro atoms. The van der Waals surface area contributed by atoms with Crippen molar-refractivity contribution in [1.82, 2.24) is 5.32 Å². The number of ether oxygens (including phenoxy) is 1. The molecular formula is C12H21NO2. The Labute approximate surface area is 92.6 Å². The Morgan fingerprint density at radius 2 is 2.00 bits per heavy atom. The van der Waals surface area contributed by atoms with Gasteiger partial charge < -0.3 is 4.74 Å². The SMILES string of the molecule is C#CCNC(C(=O)OCC)C(CC)CC. The Morgan fingerprint density at radius 3 is 2.40 bits per heavy atom. The predicted molar refractivity (Wildman–Crippen MR) is 61.3 cm³/mol. The zero-order valence-electron chi connectivity index (χ0n) is 9.88. The van der Waals surface area contributed by atoms with Gasteiger partial charge in [-0.25, -0.2) is 0 Å². The third-order valence-corrected chi connectivity index (χ3v) is 2.48. The molecule has 0 heterocycles. The number of hydrogen-bond acceptors (Lipinski definition) is 3. The quantitative estimate of drug-likeness (QED) is 0.513. The van der Waals surface area contributed by atoms with Crippen LogP contribution in [-0.4, -0.2) is 25.2 Å². The van der Waals surface area contributed by atoms with Gasteiger partial charge in [-0.3, -0.25) is 10.1 Å². The minimum Gasteiger partial charge on any atom is -0.465 e. The van der Waals surface area contributed by atoms with E-state index in [1.165, 1.54) is 0 Å². The van der Waals surface area contributed by atoms with Crippen molar-refractivity contribution in [3.63, 3.8) is 0 Å². The van der Waals surface area contributed by atoms with Crippen molar-refractivity contribution in [1.29, 1.82) is 0 Å². The van der Waals surface area contributed by atoms with Crippen LogP contribution in [0.5, 0.6) is 0 Å². The molecule has 1 unspecified atom stereocenters. The van der Waals surface area contributed by atoms with E-state index in [0.717, 1.165) is 12.8 Å². The molecule has 0 rings (SSSR count). The Kier molecular flexibility index (Phi) is 7.75. The summed E-state index contributed by atoms with van der Waals surface area (Å²) in [6.07, 6.45) is 7.05. The fraction of sp³-hybridized carbons (Fsp3) is 0.750. The molecule has 0 aromatic heterocycles. The summed E-state index contributed by atoms with van der Waals surface area (Å²) in [5, 5.41) is 3.05. The van der Waals surface area contributed by atoms with E-state index in [1.807, 2.05) is 6.92 Å². The van der Waals surface area contributed by atoms with E-state index >= 15 is 0 Å². The van der Waals surface area contributed by atoms with Crippen LogP contribution in [0.25, 0.3) is 0 Å². The molecule has 0 saturated carbocycles. The van der Waals surface area contributed by atoms with Crippen molar-refractivity contribution in [2.75, 3.05) is 13.2 Å². The third kappa shape index (κ3) is 4.85. The standard InChI is InChI=1S/C12H21NO2/c1-5-9-13-11(10(6-2)7-3)12(14)15-8-4/h1,10-11,13H,6-9H2,2-4H3. The Hall–Kier alpha value is -1.01. The number of carbonyl (C=O) groups is 1. The van der Waals surface area contributed by atoms with Crippen molar-refractivity contribution < 1.29 is 9.53 Å². The second-order valence-corrected chi connectivity index (χ2v) is 3.39. The highest BCUT2D eigenvalue weighted by Crippen LogP contribution is 2.14. The van der Waals surface area contributed by atoms with Crippen LogP contribution < -0.4 is 5.32 Å². The average molecular weight is 211 g/mol. The zero-order valence-corrected chi connectivity index (χ0v) is 9.88. The van der Waals surface area contributed by atoms with Crippen molar-refractivity contribution in [2.24, 2.45) is 5.92 Å². The first kappa shape index (κ1) is 14.0. The van der Waals surface area contributed by atoms with Gasteiger partial charge in [0, 0.05) is 0 Å². The lowest BCUT2D eigenvalue weighted by Gasteiger charge is -2.23. The molecule has 1 atom stereocenters. The van der Waals surface area contributed by atoms with Crippen LogP contribution in [0, 0.1) is 18.3 Å². The molecule has 0 bridgehead atoms. The molecule has 0 saturated heterocycles. The van der Waals surface area contributed by atoms with E-state index in [9.17, 15) is 4.79 Å². The van der Waals surface area contributed by atoms with Gasteiger partial charge in [0.15, 0.2) is 0 Å². The van der Waals surface area contributed by atoms with Crippen molar-refractivity contribution in [3.8, 4) is 12.3 Å². The number of carbonyl (C=O) groups excluding carboxylic acids is 1. The molecule has 0 aromatic carbocycles. The maximum atomic E-state index is 11.7. The van der Waals surface area contributed by atoms with E-state index in [-0.39, 0.29) is 17.9 Å². The summed E-state index contributed by atoms with van der Waals surface area (Å²) in [6, 6.07) is -0.268. The van der Waals surface area contributed by atoms with E-state index < -0.39 is 0 Å². The number of nitrogens with one attached hydrogen (secondary N) is 1. The first-order valence-electron chi connectivity index (χ1n) is 5.54. The molecule has 1 N–H and O–H groups in total. The van der Waals surface area contributed by atoms with Gasteiger partial charge in [-0.2, -0.15) is 0 Å². The van der Waals surface area contributed by atoms with Gasteiger partial charge in [0.05, 0.1) is 13.2 Å². The third-order valence-electron chi connectivity index (χ3n) is 2.48. The summed E-state index contributed by atoms with van der Waals surface area (Å²) in [7, 11) is 0. The Morgan fingerprint density at radius 1 is 1.40 bits per heavy atom. The van der Waals surface area contributed by atoms with Crippen LogP contribution in [0.15, 0.2) is 0 Å². The van der Waals surface area contributed by atoms with Gasteiger partial charge in [0.2, 0.25) is 0 Å². The molecule has 0 aliphatic carbocycles. The fourth-order valence-electron chi connectivity index (χ4n) is 1.60. The first-order valence-corrected chi connectivity index (χ1v) is 5.54. The van der Waals surface area contributed by atoms with Gasteiger partial charge in [0.25, 0.3) is 0 Å². The summed E-state index contributed by atoms with van der Waals surface area (Å²) in [5.41, 5.74) is 0. The van der Waals surface area contributed by atoms with Crippen LogP contribution in [0.2, 0.25) is 0 Å². The Balaban J connectivity index is 4.41. The summed E-state index contributed by atoms with van der Waals surface area (Å²) in [4.78, 5) is 11.7. The molecule has 86 valence electrons. The highest BCUT2D eigenvalue weighted by atomic mass is 16.5. The topological polar surface area (TPSA) is 38.3 Å². The van der Waals surface area contributed by atoms with E-state index in [2.05, 4.69) is 25.1 Å². The van der Waals surface area contributed by atoms with Gasteiger partial charge in [-0.15, -0.1) is 6.42 Å². The van der Waals surface area contributed by atoms with Crippen LogP contribution in [0.1, 0.15) is 33.6 Å². The number of hydrogen-bond donors (Lipinski definition) is 1. The number of terminal acetylenes is 1. The van der Waals surface area contributed by atoms with Gasteiger partial charge in [0.1, 0.15) is 6.04 Å². The number of esters is 1. The molecule has 0 aromatic rings. The largest absolute Gasteiger partial charge is 0.465 e. The second-order valence-electron chi connectivity index (χ2n) is 3.39. The fourth-order valence-corrected chi connectivity index (χ4v) is 1.60. The van der Waals surface area contributed by atoms with Crippen molar-refractivity contribution in [2.45, 2.75) is 39.7 Å². The predicted octanol–water partition coefficient (Wildman–Crippen LogP) is 1.58. The minimum atomic E-state index is -0.268. The van der Waals surface area contributed by atoms with Crippen LogP contribution >= 0.6 is 0 Å². The maximum Gasteiger partial charge on any atom is 0.323 e. The summed E-state index contributed by atoms with van der Waals surface area (Å²) < 4.78 is 5.02.